The second-order valence-corrected chi connectivity index (χ2v) is 5.00. The summed E-state index contributed by atoms with van der Waals surface area (Å²) in [4.78, 5) is 13.9. The van der Waals surface area contributed by atoms with E-state index < -0.39 is 0 Å². The van der Waals surface area contributed by atoms with Crippen LogP contribution in [-0.4, -0.2) is 18.9 Å². The van der Waals surface area contributed by atoms with Gasteiger partial charge in [0.2, 0.25) is 0 Å². The molecule has 2 rings (SSSR count). The molecule has 1 aromatic carbocycles. The second-order valence-electron chi connectivity index (χ2n) is 5.00. The van der Waals surface area contributed by atoms with E-state index >= 15 is 0 Å². The molecule has 2 atom stereocenters. The van der Waals surface area contributed by atoms with Crippen LogP contribution in [0.5, 0.6) is 0 Å². The van der Waals surface area contributed by atoms with Crippen molar-refractivity contribution in [2.45, 2.75) is 32.7 Å². The second kappa shape index (κ2) is 3.93. The SMILES string of the molecule is CC(=O)C1C(C(C)C)c2ccccc2N1C. The number of anilines is 1. The fraction of sp³-hybridized carbons (Fsp3) is 0.500. The van der Waals surface area contributed by atoms with E-state index in [9.17, 15) is 4.79 Å². The summed E-state index contributed by atoms with van der Waals surface area (Å²) < 4.78 is 0. The standard InChI is InChI=1S/C14H19NO/c1-9(2)13-11-7-5-6-8-12(11)15(4)14(13)10(3)16/h5-9,13-14H,1-4H3. The van der Waals surface area contributed by atoms with E-state index in [0.29, 0.717) is 11.8 Å². The van der Waals surface area contributed by atoms with Gasteiger partial charge in [-0.2, -0.15) is 0 Å². The lowest BCUT2D eigenvalue weighted by Crippen LogP contribution is -2.38. The fourth-order valence-electron chi connectivity index (χ4n) is 2.90. The van der Waals surface area contributed by atoms with Crippen molar-refractivity contribution in [3.63, 3.8) is 0 Å². The zero-order valence-corrected chi connectivity index (χ0v) is 10.4. The van der Waals surface area contributed by atoms with Crippen LogP contribution < -0.4 is 4.90 Å². The van der Waals surface area contributed by atoms with Gasteiger partial charge in [-0.05, 0) is 24.5 Å². The molecule has 0 fully saturated rings. The Morgan fingerprint density at radius 2 is 1.94 bits per heavy atom. The number of benzene rings is 1. The lowest BCUT2D eigenvalue weighted by molar-refractivity contribution is -0.118. The first-order valence-corrected chi connectivity index (χ1v) is 5.86. The highest BCUT2D eigenvalue weighted by atomic mass is 16.1. The zero-order valence-electron chi connectivity index (χ0n) is 10.4. The van der Waals surface area contributed by atoms with E-state index in [0.717, 1.165) is 0 Å². The van der Waals surface area contributed by atoms with Gasteiger partial charge in [0.05, 0.1) is 6.04 Å². The summed E-state index contributed by atoms with van der Waals surface area (Å²) >= 11 is 0. The average molecular weight is 217 g/mol. The number of para-hydroxylation sites is 1. The highest BCUT2D eigenvalue weighted by molar-refractivity contribution is 5.89. The minimum absolute atomic E-state index is 0.0115. The first-order chi connectivity index (χ1) is 7.54. The van der Waals surface area contributed by atoms with Crippen LogP contribution in [0.1, 0.15) is 32.3 Å². The molecule has 1 aromatic rings. The van der Waals surface area contributed by atoms with Crippen LogP contribution in [0.4, 0.5) is 5.69 Å². The Labute approximate surface area is 97.3 Å². The quantitative estimate of drug-likeness (QED) is 0.759. The van der Waals surface area contributed by atoms with Gasteiger partial charge in [0, 0.05) is 18.7 Å². The monoisotopic (exact) mass is 217 g/mol. The molecule has 0 amide bonds. The Kier molecular flexibility index (Phi) is 2.75. The van der Waals surface area contributed by atoms with Gasteiger partial charge in [-0.3, -0.25) is 4.79 Å². The minimum Gasteiger partial charge on any atom is -0.364 e. The molecule has 2 heteroatoms. The van der Waals surface area contributed by atoms with Crippen LogP contribution in [0, 0.1) is 5.92 Å². The molecule has 0 spiro atoms. The van der Waals surface area contributed by atoms with Gasteiger partial charge in [0.15, 0.2) is 5.78 Å². The van der Waals surface area contributed by atoms with Crippen LogP contribution in [0.25, 0.3) is 0 Å². The van der Waals surface area contributed by atoms with Gasteiger partial charge >= 0.3 is 0 Å². The van der Waals surface area contributed by atoms with E-state index in [1.807, 2.05) is 13.1 Å². The molecule has 2 nitrogen and oxygen atoms in total. The summed E-state index contributed by atoms with van der Waals surface area (Å²) in [6.07, 6.45) is 0. The Morgan fingerprint density at radius 1 is 1.31 bits per heavy atom. The normalized spacial score (nSPS) is 23.7. The molecule has 1 aliphatic heterocycles. The van der Waals surface area contributed by atoms with Crippen molar-refractivity contribution in [3.05, 3.63) is 29.8 Å². The number of fused-ring (bicyclic) bond motifs is 1. The molecule has 0 aliphatic carbocycles. The van der Waals surface area contributed by atoms with Crippen LogP contribution in [0.3, 0.4) is 0 Å². The smallest absolute Gasteiger partial charge is 0.152 e. The molecular formula is C14H19NO. The Balaban J connectivity index is 2.51. The number of likely N-dealkylation sites (N-methyl/N-ethyl adjacent to an activating group) is 1. The van der Waals surface area contributed by atoms with Gasteiger partial charge in [-0.25, -0.2) is 0 Å². The topological polar surface area (TPSA) is 20.3 Å². The highest BCUT2D eigenvalue weighted by Gasteiger charge is 2.40. The fourth-order valence-corrected chi connectivity index (χ4v) is 2.90. The molecular weight excluding hydrogens is 198 g/mol. The van der Waals surface area contributed by atoms with Crippen molar-refractivity contribution >= 4 is 11.5 Å². The van der Waals surface area contributed by atoms with Crippen LogP contribution in [0.2, 0.25) is 0 Å². The van der Waals surface area contributed by atoms with Crippen LogP contribution >= 0.6 is 0 Å². The third-order valence-corrected chi connectivity index (χ3v) is 3.57. The lowest BCUT2D eigenvalue weighted by Gasteiger charge is -2.26. The predicted molar refractivity (Wildman–Crippen MR) is 66.9 cm³/mol. The summed E-state index contributed by atoms with van der Waals surface area (Å²) in [5, 5.41) is 0. The van der Waals surface area contributed by atoms with E-state index in [-0.39, 0.29) is 11.8 Å². The van der Waals surface area contributed by atoms with Crippen molar-refractivity contribution in [1.29, 1.82) is 0 Å². The molecule has 0 saturated heterocycles. The van der Waals surface area contributed by atoms with Crippen LogP contribution in [0.15, 0.2) is 24.3 Å². The van der Waals surface area contributed by atoms with E-state index in [2.05, 4.69) is 36.9 Å². The number of rotatable bonds is 2. The third-order valence-electron chi connectivity index (χ3n) is 3.57. The highest BCUT2D eigenvalue weighted by Crippen LogP contribution is 2.43. The molecule has 86 valence electrons. The van der Waals surface area contributed by atoms with Crippen molar-refractivity contribution in [1.82, 2.24) is 0 Å². The molecule has 0 aromatic heterocycles. The van der Waals surface area contributed by atoms with Crippen LogP contribution in [-0.2, 0) is 4.79 Å². The largest absolute Gasteiger partial charge is 0.364 e. The Hall–Kier alpha value is -1.31. The number of hydrogen-bond acceptors (Lipinski definition) is 2. The van der Waals surface area contributed by atoms with E-state index in [4.69, 9.17) is 0 Å². The van der Waals surface area contributed by atoms with Crippen molar-refractivity contribution in [2.75, 3.05) is 11.9 Å². The van der Waals surface area contributed by atoms with Gasteiger partial charge in [0.1, 0.15) is 0 Å². The first kappa shape index (κ1) is 11.2. The Bertz CT molecular complexity index is 411. The maximum Gasteiger partial charge on any atom is 0.152 e. The summed E-state index contributed by atoms with van der Waals surface area (Å²) in [5.74, 6) is 1.08. The number of ketones is 1. The molecule has 0 N–H and O–H groups in total. The number of Topliss-reactive ketones (excluding diaryl/α,β-unsaturated/α-hetero) is 1. The zero-order chi connectivity index (χ0) is 11.9. The minimum atomic E-state index is 0.0115. The molecule has 0 saturated carbocycles. The van der Waals surface area contributed by atoms with Gasteiger partial charge in [-0.15, -0.1) is 0 Å². The number of hydrogen-bond donors (Lipinski definition) is 0. The molecule has 1 aliphatic rings. The average Bonchev–Trinajstić information content (AvgIpc) is 2.53. The number of nitrogens with zero attached hydrogens (tertiary/aromatic N) is 1. The molecule has 16 heavy (non-hydrogen) atoms. The summed E-state index contributed by atoms with van der Waals surface area (Å²) in [6, 6.07) is 8.37. The first-order valence-electron chi connectivity index (χ1n) is 5.86. The molecule has 1 heterocycles. The van der Waals surface area contributed by atoms with Crippen molar-refractivity contribution in [2.24, 2.45) is 5.92 Å². The summed E-state index contributed by atoms with van der Waals surface area (Å²) in [6.45, 7) is 6.08. The summed E-state index contributed by atoms with van der Waals surface area (Å²) in [5.41, 5.74) is 2.53. The lowest BCUT2D eigenvalue weighted by atomic mass is 9.83. The van der Waals surface area contributed by atoms with E-state index in [1.54, 1.807) is 6.92 Å². The van der Waals surface area contributed by atoms with Gasteiger partial charge in [-0.1, -0.05) is 32.0 Å². The number of carbonyl (C=O) groups is 1. The van der Waals surface area contributed by atoms with Gasteiger partial charge in [0.25, 0.3) is 0 Å². The molecule has 0 radical (unpaired) electrons. The Morgan fingerprint density at radius 3 is 2.50 bits per heavy atom. The maximum atomic E-state index is 11.8. The summed E-state index contributed by atoms with van der Waals surface area (Å²) in [7, 11) is 2.02. The number of carbonyl (C=O) groups excluding carboxylic acids is 1. The maximum absolute atomic E-state index is 11.8. The molecule has 2 unspecified atom stereocenters. The van der Waals surface area contributed by atoms with E-state index in [1.165, 1.54) is 11.3 Å². The van der Waals surface area contributed by atoms with Crippen molar-refractivity contribution in [3.8, 4) is 0 Å². The van der Waals surface area contributed by atoms with Gasteiger partial charge < -0.3 is 4.90 Å². The predicted octanol–water partition coefficient (Wildman–Crippen LogP) is 2.83. The third kappa shape index (κ3) is 1.53. The van der Waals surface area contributed by atoms with Crippen molar-refractivity contribution < 1.29 is 4.79 Å². The molecule has 0 bridgehead atoms.